The SMILES string of the molecule is CCOCCN(C)CC1(CNC(C)C)CCCC1. The molecule has 0 aliphatic heterocycles. The van der Waals surface area contributed by atoms with Gasteiger partial charge in [-0.25, -0.2) is 0 Å². The summed E-state index contributed by atoms with van der Waals surface area (Å²) in [5.41, 5.74) is 0.505. The third kappa shape index (κ3) is 5.68. The van der Waals surface area contributed by atoms with Crippen LogP contribution in [0.15, 0.2) is 0 Å². The average molecular weight is 256 g/mol. The van der Waals surface area contributed by atoms with Crippen molar-refractivity contribution in [2.24, 2.45) is 5.41 Å². The lowest BCUT2D eigenvalue weighted by Gasteiger charge is -2.34. The summed E-state index contributed by atoms with van der Waals surface area (Å²) in [6.07, 6.45) is 5.57. The van der Waals surface area contributed by atoms with E-state index in [9.17, 15) is 0 Å². The van der Waals surface area contributed by atoms with Gasteiger partial charge in [0.25, 0.3) is 0 Å². The van der Waals surface area contributed by atoms with Gasteiger partial charge < -0.3 is 15.0 Å². The molecule has 1 rings (SSSR count). The van der Waals surface area contributed by atoms with Gasteiger partial charge in [-0.1, -0.05) is 26.7 Å². The second kappa shape index (κ2) is 8.13. The standard InChI is InChI=1S/C15H32N2O/c1-5-18-11-10-17(4)13-15(8-6-7-9-15)12-16-14(2)3/h14,16H,5-13H2,1-4H3. The molecule has 18 heavy (non-hydrogen) atoms. The van der Waals surface area contributed by atoms with Crippen LogP contribution in [0.3, 0.4) is 0 Å². The van der Waals surface area contributed by atoms with Crippen molar-refractivity contribution in [1.82, 2.24) is 10.2 Å². The van der Waals surface area contributed by atoms with Gasteiger partial charge in [-0.15, -0.1) is 0 Å². The van der Waals surface area contributed by atoms with Crippen LogP contribution >= 0.6 is 0 Å². The molecule has 1 aliphatic carbocycles. The zero-order valence-corrected chi connectivity index (χ0v) is 12.8. The van der Waals surface area contributed by atoms with E-state index in [0.29, 0.717) is 11.5 Å². The van der Waals surface area contributed by atoms with E-state index in [0.717, 1.165) is 19.8 Å². The van der Waals surface area contributed by atoms with Gasteiger partial charge in [0.15, 0.2) is 0 Å². The predicted octanol–water partition coefficient (Wildman–Crippen LogP) is 2.51. The monoisotopic (exact) mass is 256 g/mol. The summed E-state index contributed by atoms with van der Waals surface area (Å²) >= 11 is 0. The molecule has 0 atom stereocenters. The molecule has 3 nitrogen and oxygen atoms in total. The first-order valence-electron chi connectivity index (χ1n) is 7.58. The van der Waals surface area contributed by atoms with E-state index in [4.69, 9.17) is 4.74 Å². The quantitative estimate of drug-likeness (QED) is 0.642. The van der Waals surface area contributed by atoms with Gasteiger partial charge in [-0.3, -0.25) is 0 Å². The smallest absolute Gasteiger partial charge is 0.0593 e. The van der Waals surface area contributed by atoms with Crippen molar-refractivity contribution in [3.63, 3.8) is 0 Å². The second-order valence-electron chi connectivity index (χ2n) is 6.18. The maximum Gasteiger partial charge on any atom is 0.0593 e. The first-order chi connectivity index (χ1) is 8.58. The lowest BCUT2D eigenvalue weighted by molar-refractivity contribution is 0.0992. The molecule has 1 aliphatic rings. The summed E-state index contributed by atoms with van der Waals surface area (Å²) < 4.78 is 5.44. The van der Waals surface area contributed by atoms with Gasteiger partial charge in [-0.05, 0) is 32.2 Å². The molecule has 0 amide bonds. The molecule has 0 unspecified atom stereocenters. The second-order valence-corrected chi connectivity index (χ2v) is 6.18. The minimum Gasteiger partial charge on any atom is -0.380 e. The number of hydrogen-bond acceptors (Lipinski definition) is 3. The van der Waals surface area contributed by atoms with E-state index in [1.54, 1.807) is 0 Å². The van der Waals surface area contributed by atoms with Crippen LogP contribution < -0.4 is 5.32 Å². The first-order valence-corrected chi connectivity index (χ1v) is 7.58. The molecule has 0 bridgehead atoms. The van der Waals surface area contributed by atoms with Crippen LogP contribution in [0, 0.1) is 5.41 Å². The molecule has 0 radical (unpaired) electrons. The minimum absolute atomic E-state index is 0.505. The van der Waals surface area contributed by atoms with Crippen LogP contribution in [-0.2, 0) is 4.74 Å². The number of nitrogens with zero attached hydrogens (tertiary/aromatic N) is 1. The van der Waals surface area contributed by atoms with Gasteiger partial charge >= 0.3 is 0 Å². The molecule has 3 heteroatoms. The predicted molar refractivity (Wildman–Crippen MR) is 78.0 cm³/mol. The fraction of sp³-hybridized carbons (Fsp3) is 1.00. The lowest BCUT2D eigenvalue weighted by atomic mass is 9.85. The number of nitrogens with one attached hydrogen (secondary N) is 1. The zero-order chi connectivity index (χ0) is 13.4. The van der Waals surface area contributed by atoms with Crippen LogP contribution in [0.2, 0.25) is 0 Å². The zero-order valence-electron chi connectivity index (χ0n) is 12.8. The molecule has 0 spiro atoms. The fourth-order valence-electron chi connectivity index (χ4n) is 2.95. The van der Waals surface area contributed by atoms with Crippen molar-refractivity contribution >= 4 is 0 Å². The van der Waals surface area contributed by atoms with E-state index in [1.807, 2.05) is 0 Å². The molecule has 0 saturated heterocycles. The summed E-state index contributed by atoms with van der Waals surface area (Å²) in [7, 11) is 2.23. The Morgan fingerprint density at radius 1 is 1.28 bits per heavy atom. The molecule has 1 fully saturated rings. The molecule has 0 aromatic rings. The van der Waals surface area contributed by atoms with Crippen LogP contribution in [0.1, 0.15) is 46.5 Å². The largest absolute Gasteiger partial charge is 0.380 e. The molecule has 108 valence electrons. The van der Waals surface area contributed by atoms with Crippen molar-refractivity contribution in [2.45, 2.75) is 52.5 Å². The van der Waals surface area contributed by atoms with Crippen LogP contribution in [-0.4, -0.2) is 50.8 Å². The lowest BCUT2D eigenvalue weighted by Crippen LogP contribution is -2.43. The summed E-state index contributed by atoms with van der Waals surface area (Å²) in [5.74, 6) is 0. The van der Waals surface area contributed by atoms with E-state index in [1.165, 1.54) is 38.8 Å². The highest BCUT2D eigenvalue weighted by atomic mass is 16.5. The average Bonchev–Trinajstić information content (AvgIpc) is 2.76. The third-order valence-electron chi connectivity index (χ3n) is 3.98. The van der Waals surface area contributed by atoms with E-state index >= 15 is 0 Å². The summed E-state index contributed by atoms with van der Waals surface area (Å²) in [6, 6.07) is 0.594. The van der Waals surface area contributed by atoms with Gasteiger partial charge in [0.1, 0.15) is 0 Å². The number of rotatable bonds is 9. The molecule has 0 aromatic carbocycles. The van der Waals surface area contributed by atoms with Gasteiger partial charge in [0, 0.05) is 32.3 Å². The molecule has 0 aromatic heterocycles. The molecule has 0 heterocycles. The molecule has 1 saturated carbocycles. The summed E-state index contributed by atoms with van der Waals surface area (Å²) in [6.45, 7) is 11.7. The van der Waals surface area contributed by atoms with E-state index < -0.39 is 0 Å². The van der Waals surface area contributed by atoms with Crippen molar-refractivity contribution in [1.29, 1.82) is 0 Å². The van der Waals surface area contributed by atoms with Crippen LogP contribution in [0.4, 0.5) is 0 Å². The number of hydrogen-bond donors (Lipinski definition) is 1. The van der Waals surface area contributed by atoms with Gasteiger partial charge in [-0.2, -0.15) is 0 Å². The Hall–Kier alpha value is -0.120. The highest BCUT2D eigenvalue weighted by Crippen LogP contribution is 2.38. The normalized spacial score (nSPS) is 19.0. The highest BCUT2D eigenvalue weighted by Gasteiger charge is 2.34. The van der Waals surface area contributed by atoms with Crippen LogP contribution in [0.25, 0.3) is 0 Å². The maximum absolute atomic E-state index is 5.44. The Labute approximate surface area is 113 Å². The fourth-order valence-corrected chi connectivity index (χ4v) is 2.95. The van der Waals surface area contributed by atoms with Gasteiger partial charge in [0.2, 0.25) is 0 Å². The van der Waals surface area contributed by atoms with Crippen molar-refractivity contribution in [3.05, 3.63) is 0 Å². The Morgan fingerprint density at radius 3 is 2.50 bits per heavy atom. The first kappa shape index (κ1) is 15.9. The van der Waals surface area contributed by atoms with Crippen molar-refractivity contribution in [3.8, 4) is 0 Å². The maximum atomic E-state index is 5.44. The Morgan fingerprint density at radius 2 is 1.94 bits per heavy atom. The van der Waals surface area contributed by atoms with E-state index in [2.05, 4.69) is 38.0 Å². The topological polar surface area (TPSA) is 24.5 Å². The Bertz CT molecular complexity index is 213. The van der Waals surface area contributed by atoms with Crippen LogP contribution in [0.5, 0.6) is 0 Å². The Kier molecular flexibility index (Phi) is 7.20. The Balaban J connectivity index is 2.36. The van der Waals surface area contributed by atoms with Crippen molar-refractivity contribution in [2.75, 3.05) is 39.9 Å². The van der Waals surface area contributed by atoms with E-state index in [-0.39, 0.29) is 0 Å². The number of likely N-dealkylation sites (N-methyl/N-ethyl adjacent to an activating group) is 1. The summed E-state index contributed by atoms with van der Waals surface area (Å²) in [4.78, 5) is 2.45. The van der Waals surface area contributed by atoms with Gasteiger partial charge in [0.05, 0.1) is 6.61 Å². The highest BCUT2D eigenvalue weighted by molar-refractivity contribution is 4.89. The third-order valence-corrected chi connectivity index (χ3v) is 3.98. The van der Waals surface area contributed by atoms with Crippen molar-refractivity contribution < 1.29 is 4.74 Å². The molecular weight excluding hydrogens is 224 g/mol. The molecule has 1 N–H and O–H groups in total. The molecular formula is C15H32N2O. The summed E-state index contributed by atoms with van der Waals surface area (Å²) in [5, 5.41) is 3.64. The minimum atomic E-state index is 0.505. The number of ether oxygens (including phenoxy) is 1.